The Kier molecular flexibility index (Phi) is 5.82. The van der Waals surface area contributed by atoms with Crippen molar-refractivity contribution in [1.82, 2.24) is 10.6 Å². The van der Waals surface area contributed by atoms with E-state index in [4.69, 9.17) is 0 Å². The molecule has 6 heteroatoms. The van der Waals surface area contributed by atoms with Gasteiger partial charge in [-0.2, -0.15) is 13.2 Å². The van der Waals surface area contributed by atoms with Crippen molar-refractivity contribution in [3.63, 3.8) is 0 Å². The van der Waals surface area contributed by atoms with Gasteiger partial charge in [-0.15, -0.1) is 0 Å². The molecule has 0 aliphatic carbocycles. The molecule has 1 amide bonds. The van der Waals surface area contributed by atoms with Crippen LogP contribution in [0.1, 0.15) is 17.5 Å². The van der Waals surface area contributed by atoms with E-state index < -0.39 is 17.6 Å². The van der Waals surface area contributed by atoms with Crippen molar-refractivity contribution in [2.24, 2.45) is 0 Å². The third-order valence-corrected chi connectivity index (χ3v) is 2.60. The fraction of sp³-hybridized carbons (Fsp3) is 0.462. The molecule has 106 valence electrons. The minimum Gasteiger partial charge on any atom is -0.356 e. The van der Waals surface area contributed by atoms with Gasteiger partial charge in [0.1, 0.15) is 0 Å². The van der Waals surface area contributed by atoms with Crippen molar-refractivity contribution in [3.05, 3.63) is 35.4 Å². The lowest BCUT2D eigenvalue weighted by atomic mass is 10.0. The van der Waals surface area contributed by atoms with Gasteiger partial charge in [0.05, 0.1) is 12.0 Å². The van der Waals surface area contributed by atoms with Gasteiger partial charge in [0.15, 0.2) is 0 Å². The molecule has 0 bridgehead atoms. The number of halogens is 3. The second kappa shape index (κ2) is 7.13. The SMILES string of the molecule is CNCCCNC(=O)Cc1ccccc1C(F)(F)F. The molecule has 0 aliphatic rings. The number of hydrogen-bond acceptors (Lipinski definition) is 2. The highest BCUT2D eigenvalue weighted by Gasteiger charge is 2.33. The van der Waals surface area contributed by atoms with Crippen LogP contribution < -0.4 is 10.6 Å². The molecule has 0 fully saturated rings. The van der Waals surface area contributed by atoms with Gasteiger partial charge in [-0.1, -0.05) is 18.2 Å². The summed E-state index contributed by atoms with van der Waals surface area (Å²) in [5, 5.41) is 5.52. The maximum Gasteiger partial charge on any atom is 0.416 e. The number of carbonyl (C=O) groups is 1. The fourth-order valence-electron chi connectivity index (χ4n) is 1.68. The number of rotatable bonds is 6. The molecule has 0 radical (unpaired) electrons. The number of nitrogens with one attached hydrogen (secondary N) is 2. The van der Waals surface area contributed by atoms with E-state index in [9.17, 15) is 18.0 Å². The molecule has 19 heavy (non-hydrogen) atoms. The summed E-state index contributed by atoms with van der Waals surface area (Å²) in [5.74, 6) is -0.396. The zero-order chi connectivity index (χ0) is 14.3. The topological polar surface area (TPSA) is 41.1 Å². The lowest BCUT2D eigenvalue weighted by Crippen LogP contribution is -2.28. The number of alkyl halides is 3. The minimum atomic E-state index is -4.43. The van der Waals surface area contributed by atoms with E-state index in [1.54, 1.807) is 7.05 Å². The van der Waals surface area contributed by atoms with Crippen LogP contribution in [-0.2, 0) is 17.4 Å². The van der Waals surface area contributed by atoms with Crippen molar-refractivity contribution >= 4 is 5.91 Å². The van der Waals surface area contributed by atoms with Crippen molar-refractivity contribution in [2.75, 3.05) is 20.1 Å². The van der Waals surface area contributed by atoms with Gasteiger partial charge in [0.25, 0.3) is 0 Å². The van der Waals surface area contributed by atoms with Gasteiger partial charge in [-0.25, -0.2) is 0 Å². The third kappa shape index (κ3) is 5.30. The first-order chi connectivity index (χ1) is 8.95. The first-order valence-corrected chi connectivity index (χ1v) is 6.01. The molecule has 1 rings (SSSR count). The zero-order valence-electron chi connectivity index (χ0n) is 10.7. The average molecular weight is 274 g/mol. The monoisotopic (exact) mass is 274 g/mol. The van der Waals surface area contributed by atoms with Gasteiger partial charge in [-0.05, 0) is 31.6 Å². The molecule has 0 aliphatic heterocycles. The summed E-state index contributed by atoms with van der Waals surface area (Å²) in [5.41, 5.74) is -0.749. The van der Waals surface area contributed by atoms with E-state index in [1.807, 2.05) is 0 Å². The van der Waals surface area contributed by atoms with Crippen LogP contribution in [0.3, 0.4) is 0 Å². The number of benzene rings is 1. The summed E-state index contributed by atoms with van der Waals surface area (Å²) < 4.78 is 38.1. The molecule has 0 unspecified atom stereocenters. The molecule has 0 heterocycles. The van der Waals surface area contributed by atoms with E-state index in [-0.39, 0.29) is 12.0 Å². The molecule has 0 saturated heterocycles. The van der Waals surface area contributed by atoms with Crippen LogP contribution in [0.5, 0.6) is 0 Å². The lowest BCUT2D eigenvalue weighted by molar-refractivity contribution is -0.138. The summed E-state index contributed by atoms with van der Waals surface area (Å²) in [6, 6.07) is 5.13. The predicted octanol–water partition coefficient (Wildman–Crippen LogP) is 1.97. The largest absolute Gasteiger partial charge is 0.416 e. The summed E-state index contributed by atoms with van der Waals surface area (Å²) in [6.45, 7) is 1.20. The maximum atomic E-state index is 12.7. The van der Waals surface area contributed by atoms with Crippen LogP contribution in [0.2, 0.25) is 0 Å². The van der Waals surface area contributed by atoms with Gasteiger partial charge in [-0.3, -0.25) is 4.79 Å². The van der Waals surface area contributed by atoms with Crippen molar-refractivity contribution in [3.8, 4) is 0 Å². The fourth-order valence-corrected chi connectivity index (χ4v) is 1.68. The number of carbonyl (C=O) groups excluding carboxylic acids is 1. The molecule has 1 aromatic carbocycles. The third-order valence-electron chi connectivity index (χ3n) is 2.60. The van der Waals surface area contributed by atoms with Crippen LogP contribution in [0.15, 0.2) is 24.3 Å². The van der Waals surface area contributed by atoms with Crippen molar-refractivity contribution < 1.29 is 18.0 Å². The highest BCUT2D eigenvalue weighted by Crippen LogP contribution is 2.31. The van der Waals surface area contributed by atoms with E-state index in [0.29, 0.717) is 6.54 Å². The summed E-state index contributed by atoms with van der Waals surface area (Å²) in [6.07, 6.45) is -3.94. The summed E-state index contributed by atoms with van der Waals surface area (Å²) in [7, 11) is 1.79. The minimum absolute atomic E-state index is 0.00103. The van der Waals surface area contributed by atoms with E-state index in [1.165, 1.54) is 18.2 Å². The average Bonchev–Trinajstić information content (AvgIpc) is 2.34. The molecule has 0 aromatic heterocycles. The van der Waals surface area contributed by atoms with Gasteiger partial charge < -0.3 is 10.6 Å². The smallest absolute Gasteiger partial charge is 0.356 e. The molecule has 0 atom stereocenters. The van der Waals surface area contributed by atoms with E-state index >= 15 is 0 Å². The first-order valence-electron chi connectivity index (χ1n) is 6.01. The Morgan fingerprint density at radius 2 is 1.89 bits per heavy atom. The normalized spacial score (nSPS) is 11.4. The van der Waals surface area contributed by atoms with E-state index in [0.717, 1.165) is 19.0 Å². The Hall–Kier alpha value is -1.56. The summed E-state index contributed by atoms with van der Waals surface area (Å²) in [4.78, 5) is 11.6. The highest BCUT2D eigenvalue weighted by molar-refractivity contribution is 5.78. The van der Waals surface area contributed by atoms with Gasteiger partial charge in [0, 0.05) is 6.54 Å². The van der Waals surface area contributed by atoms with Crippen LogP contribution in [0.4, 0.5) is 13.2 Å². The van der Waals surface area contributed by atoms with Crippen LogP contribution in [0.25, 0.3) is 0 Å². The van der Waals surface area contributed by atoms with Crippen LogP contribution in [-0.4, -0.2) is 26.0 Å². The molecule has 1 aromatic rings. The Morgan fingerprint density at radius 1 is 1.21 bits per heavy atom. The van der Waals surface area contributed by atoms with Gasteiger partial charge >= 0.3 is 6.18 Å². The standard InChI is InChI=1S/C13H17F3N2O/c1-17-7-4-8-18-12(19)9-10-5-2-3-6-11(10)13(14,15)16/h2-3,5-6,17H,4,7-9H2,1H3,(H,18,19). The predicted molar refractivity (Wildman–Crippen MR) is 66.7 cm³/mol. The second-order valence-corrected chi connectivity index (χ2v) is 4.14. The molecule has 3 nitrogen and oxygen atoms in total. The zero-order valence-corrected chi connectivity index (χ0v) is 10.7. The van der Waals surface area contributed by atoms with Crippen LogP contribution in [0, 0.1) is 0 Å². The highest BCUT2D eigenvalue weighted by atomic mass is 19.4. The summed E-state index contributed by atoms with van der Waals surface area (Å²) >= 11 is 0. The molecule has 0 spiro atoms. The Balaban J connectivity index is 2.59. The lowest BCUT2D eigenvalue weighted by Gasteiger charge is -2.12. The van der Waals surface area contributed by atoms with Crippen LogP contribution >= 0.6 is 0 Å². The number of amides is 1. The molecular formula is C13H17F3N2O. The second-order valence-electron chi connectivity index (χ2n) is 4.14. The number of hydrogen-bond donors (Lipinski definition) is 2. The maximum absolute atomic E-state index is 12.7. The molecule has 0 saturated carbocycles. The first kappa shape index (κ1) is 15.5. The Morgan fingerprint density at radius 3 is 2.53 bits per heavy atom. The molecule has 2 N–H and O–H groups in total. The van der Waals surface area contributed by atoms with Gasteiger partial charge in [0.2, 0.25) is 5.91 Å². The Bertz CT molecular complexity index is 419. The van der Waals surface area contributed by atoms with E-state index in [2.05, 4.69) is 10.6 Å². The quantitative estimate of drug-likeness (QED) is 0.779. The van der Waals surface area contributed by atoms with Crippen molar-refractivity contribution in [1.29, 1.82) is 0 Å². The molecular weight excluding hydrogens is 257 g/mol. The van der Waals surface area contributed by atoms with Crippen molar-refractivity contribution in [2.45, 2.75) is 19.0 Å². The Labute approximate surface area is 110 Å².